The summed E-state index contributed by atoms with van der Waals surface area (Å²) in [6, 6.07) is 0.810. The van der Waals surface area contributed by atoms with E-state index in [0.29, 0.717) is 0 Å². The molecule has 1 saturated carbocycles. The van der Waals surface area contributed by atoms with Crippen molar-refractivity contribution in [2.24, 2.45) is 5.41 Å². The van der Waals surface area contributed by atoms with E-state index in [2.05, 4.69) is 10.7 Å². The highest BCUT2D eigenvalue weighted by Crippen LogP contribution is 2.39. The number of alkyl halides is 3. The number of amides is 2. The molecule has 2 aliphatic heterocycles. The lowest BCUT2D eigenvalue weighted by Gasteiger charge is -2.44. The maximum Gasteiger partial charge on any atom is 0.419 e. The first-order chi connectivity index (χ1) is 18.7. The second-order valence-corrected chi connectivity index (χ2v) is 12.3. The van der Waals surface area contributed by atoms with Gasteiger partial charge < -0.3 is 15.3 Å². The van der Waals surface area contributed by atoms with Crippen molar-refractivity contribution in [3.63, 3.8) is 0 Å². The number of carbonyl (C=O) groups is 2. The predicted octanol–water partition coefficient (Wildman–Crippen LogP) is 3.77. The Bertz CT molecular complexity index is 1070. The van der Waals surface area contributed by atoms with E-state index in [-0.39, 0.29) is 42.9 Å². The minimum atomic E-state index is -4.84. The molecule has 224 valence electrons. The number of aliphatic hydroxyl groups is 1. The zero-order valence-corrected chi connectivity index (χ0v) is 23.6. The Morgan fingerprint density at radius 2 is 1.73 bits per heavy atom. The highest BCUT2D eigenvalue weighted by Gasteiger charge is 2.50. The van der Waals surface area contributed by atoms with Gasteiger partial charge in [0.2, 0.25) is 11.8 Å². The van der Waals surface area contributed by atoms with Crippen molar-refractivity contribution in [3.05, 3.63) is 35.1 Å². The van der Waals surface area contributed by atoms with Crippen molar-refractivity contribution in [2.75, 3.05) is 20.1 Å². The smallest absolute Gasteiger partial charge is 0.391 e. The predicted molar refractivity (Wildman–Crippen MR) is 141 cm³/mol. The molecule has 4 rings (SSSR count). The third-order valence-corrected chi connectivity index (χ3v) is 8.27. The zero-order valence-electron chi connectivity index (χ0n) is 23.6. The Hall–Kier alpha value is -2.28. The third-order valence-electron chi connectivity index (χ3n) is 8.27. The van der Waals surface area contributed by atoms with Crippen LogP contribution in [-0.2, 0) is 15.8 Å². The van der Waals surface area contributed by atoms with Crippen molar-refractivity contribution in [3.8, 4) is 0 Å². The molecule has 1 aliphatic carbocycles. The van der Waals surface area contributed by atoms with Gasteiger partial charge in [-0.3, -0.25) is 9.59 Å². The molecule has 12 heteroatoms. The first kappa shape index (κ1) is 30.7. The van der Waals surface area contributed by atoms with Gasteiger partial charge in [0.15, 0.2) is 0 Å². The average Bonchev–Trinajstić information content (AvgIpc) is 3.36. The number of hydrazine groups is 2. The highest BCUT2D eigenvalue weighted by atomic mass is 19.4. The van der Waals surface area contributed by atoms with Gasteiger partial charge >= 0.3 is 6.18 Å². The van der Waals surface area contributed by atoms with Crippen molar-refractivity contribution >= 4 is 11.8 Å². The van der Waals surface area contributed by atoms with Gasteiger partial charge in [-0.15, -0.1) is 0 Å². The third kappa shape index (κ3) is 6.45. The number of likely N-dealkylation sites (tertiary alicyclic amines) is 1. The van der Waals surface area contributed by atoms with E-state index in [9.17, 15) is 32.3 Å². The zero-order chi connectivity index (χ0) is 29.4. The summed E-state index contributed by atoms with van der Waals surface area (Å²) in [7, 11) is 1.48. The van der Waals surface area contributed by atoms with Gasteiger partial charge in [-0.2, -0.15) is 18.3 Å². The highest BCUT2D eigenvalue weighted by molar-refractivity contribution is 5.90. The number of nitrogens with zero attached hydrogens (tertiary/aromatic N) is 3. The molecule has 1 unspecified atom stereocenters. The van der Waals surface area contributed by atoms with Crippen molar-refractivity contribution in [2.45, 2.75) is 102 Å². The van der Waals surface area contributed by atoms with Crippen LogP contribution in [0.4, 0.5) is 17.6 Å². The van der Waals surface area contributed by atoms with Crippen molar-refractivity contribution in [1.82, 2.24) is 25.8 Å². The van der Waals surface area contributed by atoms with Gasteiger partial charge in [-0.05, 0) is 36.0 Å². The Labute approximate surface area is 233 Å². The molecule has 0 aromatic heterocycles. The average molecular weight is 572 g/mol. The number of rotatable bonds is 5. The second-order valence-electron chi connectivity index (χ2n) is 12.3. The number of benzene rings is 1. The minimum absolute atomic E-state index is 0.00610. The number of hydrogen-bond acceptors (Lipinski definition) is 6. The summed E-state index contributed by atoms with van der Waals surface area (Å²) in [5, 5.41) is 16.8. The SMILES string of the molecule is CNC(=O)[C@@H]1C[C@@H](O)CN1C(=O)[C@@H](N1CC(c2ccc(F)c(C(F)(F)F)c2)NN1C1CCCCCC1)C(C)(C)C. The molecule has 3 fully saturated rings. The number of β-amino-alcohol motifs (C(OH)–C–C–N with tert-alkyl or cyclic N) is 1. The molecule has 2 heterocycles. The Morgan fingerprint density at radius 3 is 2.30 bits per heavy atom. The van der Waals surface area contributed by atoms with E-state index in [1.54, 1.807) is 0 Å². The molecule has 1 aromatic carbocycles. The molecule has 3 N–H and O–H groups in total. The molecule has 0 radical (unpaired) electrons. The van der Waals surface area contributed by atoms with Gasteiger partial charge in [-0.1, -0.05) is 52.5 Å². The quantitative estimate of drug-likeness (QED) is 0.369. The van der Waals surface area contributed by atoms with Crippen LogP contribution in [-0.4, -0.2) is 76.3 Å². The van der Waals surface area contributed by atoms with E-state index in [1.165, 1.54) is 18.0 Å². The summed E-state index contributed by atoms with van der Waals surface area (Å²) < 4.78 is 54.7. The van der Waals surface area contributed by atoms with E-state index < -0.39 is 47.2 Å². The fourth-order valence-corrected chi connectivity index (χ4v) is 6.33. The minimum Gasteiger partial charge on any atom is -0.391 e. The maximum absolute atomic E-state index is 14.3. The standard InChI is InChI=1S/C28H41F4N5O3/c1-27(2,3)24(26(40)35-15-19(38)14-23(35)25(39)33-4)36-16-22(34-37(36)18-9-7-5-6-8-10-18)17-11-12-21(29)20(13-17)28(30,31)32/h11-13,18-19,22-24,34,38H,5-10,14-16H2,1-4H3,(H,33,39)/t19-,22?,23+,24-/m1/s1. The van der Waals surface area contributed by atoms with Crippen molar-refractivity contribution < 1.29 is 32.3 Å². The second kappa shape index (κ2) is 11.9. The Morgan fingerprint density at radius 1 is 1.07 bits per heavy atom. The summed E-state index contributed by atoms with van der Waals surface area (Å²) in [5.41, 5.74) is 1.68. The van der Waals surface area contributed by atoms with Crippen LogP contribution < -0.4 is 10.7 Å². The first-order valence-corrected chi connectivity index (χ1v) is 14.1. The number of aliphatic hydroxyl groups excluding tert-OH is 1. The summed E-state index contributed by atoms with van der Waals surface area (Å²) >= 11 is 0. The van der Waals surface area contributed by atoms with Gasteiger partial charge in [0, 0.05) is 32.6 Å². The fraction of sp³-hybridized carbons (Fsp3) is 0.714. The lowest BCUT2D eigenvalue weighted by molar-refractivity contribution is -0.162. The summed E-state index contributed by atoms with van der Waals surface area (Å²) in [4.78, 5) is 28.3. The maximum atomic E-state index is 14.3. The van der Waals surface area contributed by atoms with E-state index in [4.69, 9.17) is 0 Å². The summed E-state index contributed by atoms with van der Waals surface area (Å²) in [5.74, 6) is -2.02. The molecule has 3 aliphatic rings. The van der Waals surface area contributed by atoms with Crippen LogP contribution in [0, 0.1) is 11.2 Å². The Kier molecular flexibility index (Phi) is 9.13. The van der Waals surface area contributed by atoms with E-state index in [0.717, 1.165) is 50.7 Å². The van der Waals surface area contributed by atoms with Crippen LogP contribution in [0.2, 0.25) is 0 Å². The lowest BCUT2D eigenvalue weighted by Crippen LogP contribution is -2.62. The van der Waals surface area contributed by atoms with Gasteiger partial charge in [0.1, 0.15) is 17.9 Å². The molecule has 1 aromatic rings. The normalized spacial score (nSPS) is 26.6. The first-order valence-electron chi connectivity index (χ1n) is 14.1. The van der Waals surface area contributed by atoms with Crippen LogP contribution in [0.15, 0.2) is 18.2 Å². The van der Waals surface area contributed by atoms with Crippen LogP contribution in [0.1, 0.15) is 82.9 Å². The number of nitrogens with one attached hydrogen (secondary N) is 2. The van der Waals surface area contributed by atoms with Crippen LogP contribution in [0.3, 0.4) is 0 Å². The van der Waals surface area contributed by atoms with E-state index in [1.807, 2.05) is 30.9 Å². The van der Waals surface area contributed by atoms with Crippen LogP contribution in [0.25, 0.3) is 0 Å². The van der Waals surface area contributed by atoms with Gasteiger partial charge in [0.05, 0.1) is 17.7 Å². The number of halogens is 4. The molecular formula is C28H41F4N5O3. The summed E-state index contributed by atoms with van der Waals surface area (Å²) in [6.45, 7) is 5.93. The van der Waals surface area contributed by atoms with Crippen LogP contribution >= 0.6 is 0 Å². The summed E-state index contributed by atoms with van der Waals surface area (Å²) in [6.07, 6.45) is 0.296. The van der Waals surface area contributed by atoms with Gasteiger partial charge in [-0.25, -0.2) is 14.8 Å². The molecule has 2 amide bonds. The van der Waals surface area contributed by atoms with E-state index >= 15 is 0 Å². The monoisotopic (exact) mass is 571 g/mol. The molecule has 0 bridgehead atoms. The lowest BCUT2D eigenvalue weighted by atomic mass is 9.84. The number of carbonyl (C=O) groups excluding carboxylic acids is 2. The van der Waals surface area contributed by atoms with Crippen LogP contribution in [0.5, 0.6) is 0 Å². The number of likely N-dealkylation sites (N-methyl/N-ethyl adjacent to an activating group) is 1. The molecule has 8 nitrogen and oxygen atoms in total. The molecule has 2 saturated heterocycles. The van der Waals surface area contributed by atoms with Gasteiger partial charge in [0.25, 0.3) is 0 Å². The molecule has 40 heavy (non-hydrogen) atoms. The molecular weight excluding hydrogens is 530 g/mol. The Balaban J connectivity index is 1.73. The fourth-order valence-electron chi connectivity index (χ4n) is 6.33. The molecule has 0 spiro atoms. The van der Waals surface area contributed by atoms with Crippen molar-refractivity contribution in [1.29, 1.82) is 0 Å². The topological polar surface area (TPSA) is 88.1 Å². The number of hydrogen-bond donors (Lipinski definition) is 3. The molecule has 4 atom stereocenters. The largest absolute Gasteiger partial charge is 0.419 e.